The molecule has 1 atom stereocenters. The molecule has 4 heteroatoms. The molecule has 14 heavy (non-hydrogen) atoms. The molecule has 0 amide bonds. The van der Waals surface area contributed by atoms with Gasteiger partial charge in [-0.1, -0.05) is 6.07 Å². The van der Waals surface area contributed by atoms with Gasteiger partial charge in [0.15, 0.2) is 0 Å². The highest BCUT2D eigenvalue weighted by molar-refractivity contribution is 5.51. The van der Waals surface area contributed by atoms with Crippen LogP contribution < -0.4 is 11.5 Å². The molecule has 0 saturated carbocycles. The molecule has 0 saturated heterocycles. The van der Waals surface area contributed by atoms with Crippen LogP contribution in [0.5, 0.6) is 0 Å². The van der Waals surface area contributed by atoms with E-state index in [2.05, 4.69) is 0 Å². The van der Waals surface area contributed by atoms with Crippen LogP contribution in [0.1, 0.15) is 18.1 Å². The number of hydrogen-bond acceptors (Lipinski definition) is 4. The first-order chi connectivity index (χ1) is 6.51. The number of nitriles is 1. The summed E-state index contributed by atoms with van der Waals surface area (Å²) < 4.78 is 0. The minimum atomic E-state index is -0.904. The molecule has 0 heterocycles. The van der Waals surface area contributed by atoms with Gasteiger partial charge >= 0.3 is 0 Å². The van der Waals surface area contributed by atoms with Crippen LogP contribution >= 0.6 is 0 Å². The Hall–Kier alpha value is -1.57. The topological polar surface area (TPSA) is 96.1 Å². The third kappa shape index (κ3) is 1.84. The Labute approximate surface area is 82.8 Å². The molecule has 0 spiro atoms. The van der Waals surface area contributed by atoms with Crippen LogP contribution in [0.2, 0.25) is 0 Å². The smallest absolute Gasteiger partial charge is 0.0996 e. The normalized spacial score (nSPS) is 14.4. The molecule has 0 aromatic heterocycles. The van der Waals surface area contributed by atoms with Crippen LogP contribution in [0.25, 0.3) is 0 Å². The lowest BCUT2D eigenvalue weighted by Gasteiger charge is -2.23. The molecule has 0 fully saturated rings. The Bertz CT molecular complexity index is 379. The quantitative estimate of drug-likeness (QED) is 0.586. The number of benzene rings is 1. The zero-order valence-corrected chi connectivity index (χ0v) is 7.99. The molecule has 0 aliphatic heterocycles. The van der Waals surface area contributed by atoms with Gasteiger partial charge in [0.1, 0.15) is 0 Å². The second kappa shape index (κ2) is 3.66. The summed E-state index contributed by atoms with van der Waals surface area (Å²) in [5.74, 6) is 0. The zero-order chi connectivity index (χ0) is 10.8. The van der Waals surface area contributed by atoms with Crippen molar-refractivity contribution in [1.82, 2.24) is 0 Å². The van der Waals surface area contributed by atoms with Crippen LogP contribution in [-0.4, -0.2) is 11.7 Å². The lowest BCUT2D eigenvalue weighted by atomic mass is 9.90. The van der Waals surface area contributed by atoms with E-state index >= 15 is 0 Å². The highest BCUT2D eigenvalue weighted by Crippen LogP contribution is 2.22. The summed E-state index contributed by atoms with van der Waals surface area (Å²) in [5, 5.41) is 17.9. The molecule has 0 aliphatic rings. The Balaban J connectivity index is 3.29. The fourth-order valence-corrected chi connectivity index (χ4v) is 1.24. The maximum atomic E-state index is 9.07. The Morgan fingerprint density at radius 3 is 2.71 bits per heavy atom. The predicted octanol–water partition coefficient (Wildman–Crippen LogP) is 0.307. The van der Waals surface area contributed by atoms with Crippen molar-refractivity contribution in [2.45, 2.75) is 12.5 Å². The molecule has 1 aromatic carbocycles. The van der Waals surface area contributed by atoms with E-state index < -0.39 is 5.54 Å². The predicted molar refractivity (Wildman–Crippen MR) is 54.2 cm³/mol. The van der Waals surface area contributed by atoms with E-state index in [0.717, 1.165) is 0 Å². The minimum absolute atomic E-state index is 0.217. The maximum Gasteiger partial charge on any atom is 0.0996 e. The number of anilines is 1. The largest absolute Gasteiger partial charge is 0.399 e. The summed E-state index contributed by atoms with van der Waals surface area (Å²) in [6.45, 7) is 1.45. The summed E-state index contributed by atoms with van der Waals surface area (Å²) in [5.41, 5.74) is 12.0. The van der Waals surface area contributed by atoms with E-state index in [1.165, 1.54) is 0 Å². The monoisotopic (exact) mass is 191 g/mol. The third-order valence-corrected chi connectivity index (χ3v) is 2.11. The Morgan fingerprint density at radius 2 is 2.21 bits per heavy atom. The number of rotatable bonds is 2. The summed E-state index contributed by atoms with van der Waals surface area (Å²) in [7, 11) is 0. The van der Waals surface area contributed by atoms with Crippen molar-refractivity contribution in [3.8, 4) is 6.07 Å². The van der Waals surface area contributed by atoms with Crippen molar-refractivity contribution in [3.63, 3.8) is 0 Å². The molecule has 0 unspecified atom stereocenters. The highest BCUT2D eigenvalue weighted by Gasteiger charge is 2.23. The molecule has 0 aliphatic carbocycles. The van der Waals surface area contributed by atoms with E-state index in [1.807, 2.05) is 6.07 Å². The average Bonchev–Trinajstić information content (AvgIpc) is 2.17. The van der Waals surface area contributed by atoms with Crippen molar-refractivity contribution in [2.24, 2.45) is 5.73 Å². The number of aliphatic hydroxyl groups is 1. The first-order valence-corrected chi connectivity index (χ1v) is 4.21. The molecule has 74 valence electrons. The number of nitrogen functional groups attached to an aromatic ring is 1. The minimum Gasteiger partial charge on any atom is -0.399 e. The molecule has 1 aromatic rings. The van der Waals surface area contributed by atoms with Gasteiger partial charge in [0.25, 0.3) is 0 Å². The first kappa shape index (κ1) is 10.5. The van der Waals surface area contributed by atoms with Crippen LogP contribution in [0.15, 0.2) is 18.2 Å². The van der Waals surface area contributed by atoms with Crippen molar-refractivity contribution in [2.75, 3.05) is 12.3 Å². The maximum absolute atomic E-state index is 9.07. The van der Waals surface area contributed by atoms with Crippen LogP contribution in [-0.2, 0) is 5.54 Å². The van der Waals surface area contributed by atoms with Crippen LogP contribution in [0, 0.1) is 11.3 Å². The number of aliphatic hydroxyl groups excluding tert-OH is 1. The summed E-state index contributed by atoms with van der Waals surface area (Å²) in [4.78, 5) is 0. The fraction of sp³-hybridized carbons (Fsp3) is 0.300. The van der Waals surface area contributed by atoms with Crippen molar-refractivity contribution < 1.29 is 5.11 Å². The van der Waals surface area contributed by atoms with Crippen LogP contribution in [0.3, 0.4) is 0 Å². The van der Waals surface area contributed by atoms with Gasteiger partial charge in [-0.15, -0.1) is 0 Å². The number of hydrogen-bond donors (Lipinski definition) is 3. The fourth-order valence-electron chi connectivity index (χ4n) is 1.24. The third-order valence-electron chi connectivity index (χ3n) is 2.11. The van der Waals surface area contributed by atoms with E-state index in [4.69, 9.17) is 21.8 Å². The van der Waals surface area contributed by atoms with Gasteiger partial charge in [-0.25, -0.2) is 0 Å². The first-order valence-electron chi connectivity index (χ1n) is 4.21. The van der Waals surface area contributed by atoms with E-state index in [0.29, 0.717) is 16.8 Å². The summed E-state index contributed by atoms with van der Waals surface area (Å²) in [6, 6.07) is 6.89. The van der Waals surface area contributed by atoms with Gasteiger partial charge in [-0.05, 0) is 24.6 Å². The molecular weight excluding hydrogens is 178 g/mol. The van der Waals surface area contributed by atoms with Gasteiger partial charge in [-0.2, -0.15) is 5.26 Å². The van der Waals surface area contributed by atoms with Crippen molar-refractivity contribution in [1.29, 1.82) is 5.26 Å². The van der Waals surface area contributed by atoms with E-state index in [1.54, 1.807) is 25.1 Å². The van der Waals surface area contributed by atoms with Gasteiger partial charge in [0.2, 0.25) is 0 Å². The van der Waals surface area contributed by atoms with E-state index in [-0.39, 0.29) is 6.61 Å². The summed E-state index contributed by atoms with van der Waals surface area (Å²) >= 11 is 0. The highest BCUT2D eigenvalue weighted by atomic mass is 16.3. The second-order valence-corrected chi connectivity index (χ2v) is 3.49. The molecular formula is C10H13N3O. The summed E-state index contributed by atoms with van der Waals surface area (Å²) in [6.07, 6.45) is 0. The number of nitrogens with zero attached hydrogens (tertiary/aromatic N) is 1. The Kier molecular flexibility index (Phi) is 2.75. The van der Waals surface area contributed by atoms with Crippen LogP contribution in [0.4, 0.5) is 5.69 Å². The van der Waals surface area contributed by atoms with E-state index in [9.17, 15) is 0 Å². The average molecular weight is 191 g/mol. The SMILES string of the molecule is C[C@](N)(CO)c1ccc(N)cc1C#N. The van der Waals surface area contributed by atoms with Gasteiger partial charge < -0.3 is 16.6 Å². The lowest BCUT2D eigenvalue weighted by molar-refractivity contribution is 0.210. The standard InChI is InChI=1S/C10H13N3O/c1-10(13,6-14)9-3-2-8(12)4-7(9)5-11/h2-4,14H,6,12-13H2,1H3/t10-/m0/s1. The van der Waals surface area contributed by atoms with Gasteiger partial charge in [0, 0.05) is 5.69 Å². The molecule has 1 rings (SSSR count). The lowest BCUT2D eigenvalue weighted by Crippen LogP contribution is -2.37. The molecule has 5 N–H and O–H groups in total. The number of nitrogens with two attached hydrogens (primary N) is 2. The molecule has 0 radical (unpaired) electrons. The van der Waals surface area contributed by atoms with Crippen molar-refractivity contribution in [3.05, 3.63) is 29.3 Å². The second-order valence-electron chi connectivity index (χ2n) is 3.49. The van der Waals surface area contributed by atoms with Gasteiger partial charge in [0.05, 0.1) is 23.8 Å². The van der Waals surface area contributed by atoms with Crippen molar-refractivity contribution >= 4 is 5.69 Å². The zero-order valence-electron chi connectivity index (χ0n) is 7.99. The molecule has 0 bridgehead atoms. The molecule has 4 nitrogen and oxygen atoms in total. The van der Waals surface area contributed by atoms with Gasteiger partial charge in [-0.3, -0.25) is 0 Å². The Morgan fingerprint density at radius 1 is 1.57 bits per heavy atom.